The summed E-state index contributed by atoms with van der Waals surface area (Å²) in [6, 6.07) is 9.50. The summed E-state index contributed by atoms with van der Waals surface area (Å²) >= 11 is 0. The molecule has 2 N–H and O–H groups in total. The molecule has 1 heterocycles. The first-order chi connectivity index (χ1) is 11.5. The van der Waals surface area contributed by atoms with Crippen molar-refractivity contribution >= 4 is 23.4 Å². The van der Waals surface area contributed by atoms with E-state index in [4.69, 9.17) is 4.42 Å². The molecule has 24 heavy (non-hydrogen) atoms. The minimum Gasteiger partial charge on any atom is -0.395 e. The van der Waals surface area contributed by atoms with Crippen molar-refractivity contribution in [2.75, 3.05) is 5.32 Å². The average molecular weight is 329 g/mol. The number of carbonyl (C=O) groups is 2. The van der Waals surface area contributed by atoms with Crippen molar-refractivity contribution in [3.05, 3.63) is 57.8 Å². The van der Waals surface area contributed by atoms with Gasteiger partial charge in [0, 0.05) is 11.7 Å². The molecule has 8 nitrogen and oxygen atoms in total. The molecule has 0 spiro atoms. The number of nitrogens with one attached hydrogen (secondary N) is 2. The highest BCUT2D eigenvalue weighted by molar-refractivity contribution is 6.02. The van der Waals surface area contributed by atoms with Crippen molar-refractivity contribution in [2.45, 2.75) is 25.3 Å². The Kier molecular flexibility index (Phi) is 4.28. The van der Waals surface area contributed by atoms with Crippen molar-refractivity contribution in [2.24, 2.45) is 0 Å². The van der Waals surface area contributed by atoms with Gasteiger partial charge in [0.05, 0.1) is 12.5 Å². The van der Waals surface area contributed by atoms with E-state index in [-0.39, 0.29) is 18.1 Å². The molecule has 8 heteroatoms. The number of hydrogen-bond acceptors (Lipinski definition) is 5. The molecule has 0 atom stereocenters. The highest BCUT2D eigenvalue weighted by Crippen LogP contribution is 2.19. The standard InChI is InChI=1S/C16H15N3O5/c20-14(17-11-5-6-11)9-10-1-3-12(4-2-10)18-16(21)13-7-8-15(24-13)19(22)23/h1-4,7-8,11H,5-6,9H2,(H,17,20)(H,18,21). The Morgan fingerprint density at radius 3 is 2.46 bits per heavy atom. The van der Waals surface area contributed by atoms with Crippen molar-refractivity contribution in [3.8, 4) is 0 Å². The molecule has 0 unspecified atom stereocenters. The molecule has 0 radical (unpaired) electrons. The Bertz CT molecular complexity index is 777. The normalized spacial score (nSPS) is 13.3. The van der Waals surface area contributed by atoms with Gasteiger partial charge in [0.2, 0.25) is 5.91 Å². The van der Waals surface area contributed by atoms with Gasteiger partial charge >= 0.3 is 5.88 Å². The van der Waals surface area contributed by atoms with Crippen LogP contribution in [0.4, 0.5) is 11.6 Å². The number of amides is 2. The van der Waals surface area contributed by atoms with Gasteiger partial charge in [-0.05, 0) is 36.6 Å². The molecule has 1 aliphatic rings. The van der Waals surface area contributed by atoms with E-state index in [1.165, 1.54) is 6.07 Å². The first kappa shape index (κ1) is 15.7. The monoisotopic (exact) mass is 329 g/mol. The zero-order chi connectivity index (χ0) is 17.1. The highest BCUT2D eigenvalue weighted by Gasteiger charge is 2.23. The van der Waals surface area contributed by atoms with Crippen LogP contribution in [0, 0.1) is 10.1 Å². The predicted octanol–water partition coefficient (Wildman–Crippen LogP) is 2.26. The van der Waals surface area contributed by atoms with E-state index >= 15 is 0 Å². The van der Waals surface area contributed by atoms with E-state index in [2.05, 4.69) is 10.6 Å². The maximum atomic E-state index is 11.9. The van der Waals surface area contributed by atoms with Crippen LogP contribution in [0.2, 0.25) is 0 Å². The summed E-state index contributed by atoms with van der Waals surface area (Å²) in [6.45, 7) is 0. The molecular weight excluding hydrogens is 314 g/mol. The molecule has 1 saturated carbocycles. The van der Waals surface area contributed by atoms with Crippen LogP contribution in [-0.2, 0) is 11.2 Å². The van der Waals surface area contributed by atoms with E-state index in [9.17, 15) is 19.7 Å². The quantitative estimate of drug-likeness (QED) is 0.623. The van der Waals surface area contributed by atoms with Crippen molar-refractivity contribution < 1.29 is 18.9 Å². The molecule has 2 aromatic rings. The number of nitro groups is 1. The SMILES string of the molecule is O=C(Cc1ccc(NC(=O)c2ccc([N+](=O)[O-])o2)cc1)NC1CC1. The van der Waals surface area contributed by atoms with E-state index in [1.807, 2.05) is 0 Å². The Balaban J connectivity index is 1.57. The Hall–Kier alpha value is -3.16. The van der Waals surface area contributed by atoms with Crippen LogP contribution < -0.4 is 10.6 Å². The van der Waals surface area contributed by atoms with Crippen LogP contribution in [0.3, 0.4) is 0 Å². The first-order valence-corrected chi connectivity index (χ1v) is 7.45. The third kappa shape index (κ3) is 3.97. The fraction of sp³-hybridized carbons (Fsp3) is 0.250. The second-order valence-corrected chi connectivity index (χ2v) is 5.56. The molecular formula is C16H15N3O5. The summed E-state index contributed by atoms with van der Waals surface area (Å²) in [5.74, 6) is -1.23. The lowest BCUT2D eigenvalue weighted by atomic mass is 10.1. The van der Waals surface area contributed by atoms with E-state index in [1.54, 1.807) is 24.3 Å². The van der Waals surface area contributed by atoms with Crippen LogP contribution in [0.1, 0.15) is 29.0 Å². The van der Waals surface area contributed by atoms with E-state index in [0.29, 0.717) is 11.7 Å². The summed E-state index contributed by atoms with van der Waals surface area (Å²) in [5, 5.41) is 16.0. The van der Waals surface area contributed by atoms with Gasteiger partial charge in [-0.25, -0.2) is 0 Å². The maximum absolute atomic E-state index is 11.9. The van der Waals surface area contributed by atoms with Gasteiger partial charge in [-0.1, -0.05) is 12.1 Å². The second kappa shape index (κ2) is 6.53. The maximum Gasteiger partial charge on any atom is 0.433 e. The average Bonchev–Trinajstić information content (AvgIpc) is 3.20. The van der Waals surface area contributed by atoms with Crippen LogP contribution in [0.25, 0.3) is 0 Å². The largest absolute Gasteiger partial charge is 0.433 e. The van der Waals surface area contributed by atoms with Gasteiger partial charge in [0.1, 0.15) is 4.92 Å². The minimum absolute atomic E-state index is 0.0165. The minimum atomic E-state index is -0.710. The Morgan fingerprint density at radius 1 is 1.17 bits per heavy atom. The molecule has 0 bridgehead atoms. The van der Waals surface area contributed by atoms with E-state index < -0.39 is 16.7 Å². The van der Waals surface area contributed by atoms with Gasteiger partial charge in [-0.15, -0.1) is 0 Å². The summed E-state index contributed by atoms with van der Waals surface area (Å²) in [5.41, 5.74) is 1.34. The number of rotatable bonds is 6. The van der Waals surface area contributed by atoms with Crippen molar-refractivity contribution in [3.63, 3.8) is 0 Å². The highest BCUT2D eigenvalue weighted by atomic mass is 16.6. The summed E-state index contributed by atoms with van der Waals surface area (Å²) in [7, 11) is 0. The van der Waals surface area contributed by atoms with Gasteiger partial charge in [0.15, 0.2) is 5.76 Å². The Labute approximate surface area is 137 Å². The molecule has 0 saturated heterocycles. The fourth-order valence-corrected chi connectivity index (χ4v) is 2.14. The second-order valence-electron chi connectivity index (χ2n) is 5.56. The molecule has 0 aliphatic heterocycles. The molecule has 1 fully saturated rings. The lowest BCUT2D eigenvalue weighted by molar-refractivity contribution is -0.402. The fourth-order valence-electron chi connectivity index (χ4n) is 2.14. The van der Waals surface area contributed by atoms with Gasteiger partial charge in [-0.2, -0.15) is 0 Å². The van der Waals surface area contributed by atoms with Crippen molar-refractivity contribution in [1.29, 1.82) is 0 Å². The Morgan fingerprint density at radius 2 is 1.88 bits per heavy atom. The molecule has 1 aromatic carbocycles. The predicted molar refractivity (Wildman–Crippen MR) is 84.6 cm³/mol. The third-order valence-corrected chi connectivity index (χ3v) is 3.51. The molecule has 3 rings (SSSR count). The van der Waals surface area contributed by atoms with Gasteiger partial charge < -0.3 is 15.1 Å². The zero-order valence-corrected chi connectivity index (χ0v) is 12.7. The topological polar surface area (TPSA) is 114 Å². The van der Waals surface area contributed by atoms with Crippen LogP contribution >= 0.6 is 0 Å². The lowest BCUT2D eigenvalue weighted by Gasteiger charge is -2.06. The number of carbonyl (C=O) groups excluding carboxylic acids is 2. The molecule has 1 aliphatic carbocycles. The number of hydrogen-bond donors (Lipinski definition) is 2. The van der Waals surface area contributed by atoms with Crippen molar-refractivity contribution in [1.82, 2.24) is 5.32 Å². The first-order valence-electron chi connectivity index (χ1n) is 7.45. The van der Waals surface area contributed by atoms with Crippen LogP contribution in [-0.4, -0.2) is 22.8 Å². The number of anilines is 1. The summed E-state index contributed by atoms with van der Waals surface area (Å²) < 4.78 is 4.83. The summed E-state index contributed by atoms with van der Waals surface area (Å²) in [6.07, 6.45) is 2.37. The van der Waals surface area contributed by atoms with Crippen LogP contribution in [0.5, 0.6) is 0 Å². The lowest BCUT2D eigenvalue weighted by Crippen LogP contribution is -2.26. The van der Waals surface area contributed by atoms with Crippen LogP contribution in [0.15, 0.2) is 40.8 Å². The molecule has 124 valence electrons. The number of benzene rings is 1. The number of nitrogens with zero attached hydrogens (tertiary/aromatic N) is 1. The summed E-state index contributed by atoms with van der Waals surface area (Å²) in [4.78, 5) is 33.5. The van der Waals surface area contributed by atoms with Gasteiger partial charge in [-0.3, -0.25) is 19.7 Å². The molecule has 2 amide bonds. The van der Waals surface area contributed by atoms with Gasteiger partial charge in [0.25, 0.3) is 5.91 Å². The molecule has 1 aromatic heterocycles. The number of furan rings is 1. The zero-order valence-electron chi connectivity index (χ0n) is 12.7. The van der Waals surface area contributed by atoms with E-state index in [0.717, 1.165) is 24.5 Å². The smallest absolute Gasteiger partial charge is 0.395 e. The third-order valence-electron chi connectivity index (χ3n) is 3.51.